The van der Waals surface area contributed by atoms with Gasteiger partial charge in [-0.05, 0) is 75.2 Å². The number of rotatable bonds is 5. The second-order valence-electron chi connectivity index (χ2n) is 7.93. The van der Waals surface area contributed by atoms with Gasteiger partial charge in [-0.1, -0.05) is 29.8 Å². The largest absolute Gasteiger partial charge is 0.483 e. The Kier molecular flexibility index (Phi) is 5.77. The molecule has 1 amide bonds. The zero-order chi connectivity index (χ0) is 22.8. The minimum atomic E-state index is -0.252. The summed E-state index contributed by atoms with van der Waals surface area (Å²) in [6, 6.07) is 18.4. The molecular formula is C26H25N3O3. The van der Waals surface area contributed by atoms with Crippen molar-refractivity contribution in [1.29, 1.82) is 0 Å². The first-order valence-corrected chi connectivity index (χ1v) is 10.4. The van der Waals surface area contributed by atoms with Crippen LogP contribution in [0.25, 0.3) is 16.6 Å². The van der Waals surface area contributed by atoms with Crippen molar-refractivity contribution in [2.75, 3.05) is 11.9 Å². The number of fused-ring (bicyclic) bond motifs is 1. The average molecular weight is 428 g/mol. The van der Waals surface area contributed by atoms with Crippen molar-refractivity contribution in [2.24, 2.45) is 0 Å². The van der Waals surface area contributed by atoms with Crippen LogP contribution in [0.4, 0.5) is 5.69 Å². The summed E-state index contributed by atoms with van der Waals surface area (Å²) in [5, 5.41) is 3.40. The van der Waals surface area contributed by atoms with E-state index in [1.807, 2.05) is 51.1 Å². The fourth-order valence-corrected chi connectivity index (χ4v) is 3.97. The van der Waals surface area contributed by atoms with E-state index in [1.54, 1.807) is 41.8 Å². The molecule has 1 heterocycles. The van der Waals surface area contributed by atoms with Crippen molar-refractivity contribution in [3.05, 3.63) is 93.5 Å². The van der Waals surface area contributed by atoms with E-state index in [1.165, 1.54) is 0 Å². The molecule has 0 bridgehead atoms. The van der Waals surface area contributed by atoms with Crippen LogP contribution in [0.3, 0.4) is 0 Å². The number of nitrogens with one attached hydrogen (secondary N) is 1. The molecule has 1 aromatic heterocycles. The first-order valence-electron chi connectivity index (χ1n) is 10.4. The molecule has 0 saturated heterocycles. The van der Waals surface area contributed by atoms with Crippen molar-refractivity contribution in [3.63, 3.8) is 0 Å². The molecule has 1 N–H and O–H groups in total. The molecule has 6 heteroatoms. The van der Waals surface area contributed by atoms with Gasteiger partial charge in [-0.3, -0.25) is 14.2 Å². The van der Waals surface area contributed by atoms with E-state index in [9.17, 15) is 9.59 Å². The van der Waals surface area contributed by atoms with Crippen LogP contribution in [-0.4, -0.2) is 22.1 Å². The van der Waals surface area contributed by atoms with E-state index in [-0.39, 0.29) is 18.1 Å². The number of ether oxygens (including phenoxy) is 1. The molecule has 0 unspecified atom stereocenters. The molecule has 0 aliphatic carbocycles. The summed E-state index contributed by atoms with van der Waals surface area (Å²) < 4.78 is 7.33. The lowest BCUT2D eigenvalue weighted by atomic mass is 10.1. The third kappa shape index (κ3) is 4.25. The summed E-state index contributed by atoms with van der Waals surface area (Å²) in [4.78, 5) is 29.9. The molecule has 0 radical (unpaired) electrons. The number of anilines is 1. The minimum absolute atomic E-state index is 0.0837. The maximum atomic E-state index is 12.9. The molecule has 0 fully saturated rings. The van der Waals surface area contributed by atoms with Gasteiger partial charge in [0.15, 0.2) is 6.61 Å². The summed E-state index contributed by atoms with van der Waals surface area (Å²) in [5.41, 5.74) is 5.03. The van der Waals surface area contributed by atoms with Crippen molar-refractivity contribution in [2.45, 2.75) is 27.7 Å². The van der Waals surface area contributed by atoms with Crippen LogP contribution in [0.5, 0.6) is 5.75 Å². The standard InChI is InChI=1S/C26H25N3O3/c1-16-13-17(2)25(18(3)14-16)32-15-24(30)28-20-9-11-21(12-10-20)29-19(4)27-23-8-6-5-7-22(23)26(29)31/h5-14H,15H2,1-4H3,(H,28,30). The fraction of sp³-hybridized carbons (Fsp3) is 0.192. The van der Waals surface area contributed by atoms with Crippen LogP contribution >= 0.6 is 0 Å². The molecular weight excluding hydrogens is 402 g/mol. The Morgan fingerprint density at radius 1 is 0.969 bits per heavy atom. The van der Waals surface area contributed by atoms with Crippen molar-refractivity contribution in [1.82, 2.24) is 9.55 Å². The molecule has 162 valence electrons. The Balaban J connectivity index is 1.48. The highest BCUT2D eigenvalue weighted by atomic mass is 16.5. The number of hydrogen-bond acceptors (Lipinski definition) is 4. The number of para-hydroxylation sites is 1. The lowest BCUT2D eigenvalue weighted by Crippen LogP contribution is -2.22. The van der Waals surface area contributed by atoms with Gasteiger partial charge in [0.1, 0.15) is 11.6 Å². The van der Waals surface area contributed by atoms with E-state index in [2.05, 4.69) is 10.3 Å². The Hall–Kier alpha value is -3.93. The monoisotopic (exact) mass is 427 g/mol. The maximum absolute atomic E-state index is 12.9. The number of nitrogens with zero attached hydrogens (tertiary/aromatic N) is 2. The topological polar surface area (TPSA) is 73.2 Å². The number of benzene rings is 3. The number of amides is 1. The normalized spacial score (nSPS) is 10.9. The van der Waals surface area contributed by atoms with Gasteiger partial charge in [0.2, 0.25) is 0 Å². The molecule has 0 spiro atoms. The Labute approximate surface area is 186 Å². The lowest BCUT2D eigenvalue weighted by molar-refractivity contribution is -0.118. The molecule has 4 rings (SSSR count). The predicted molar refractivity (Wildman–Crippen MR) is 127 cm³/mol. The summed E-state index contributed by atoms with van der Waals surface area (Å²) >= 11 is 0. The van der Waals surface area contributed by atoms with Crippen molar-refractivity contribution >= 4 is 22.5 Å². The summed E-state index contributed by atoms with van der Waals surface area (Å²) in [6.07, 6.45) is 0. The highest BCUT2D eigenvalue weighted by molar-refractivity contribution is 5.92. The second-order valence-corrected chi connectivity index (χ2v) is 7.93. The smallest absolute Gasteiger partial charge is 0.265 e. The molecule has 0 aliphatic rings. The van der Waals surface area contributed by atoms with E-state index < -0.39 is 0 Å². The number of carbonyl (C=O) groups is 1. The number of aromatic nitrogens is 2. The van der Waals surface area contributed by atoms with Crippen molar-refractivity contribution in [3.8, 4) is 11.4 Å². The van der Waals surface area contributed by atoms with Crippen LogP contribution < -0.4 is 15.6 Å². The van der Waals surface area contributed by atoms with Gasteiger partial charge in [0.25, 0.3) is 11.5 Å². The fourth-order valence-electron chi connectivity index (χ4n) is 3.97. The van der Waals surface area contributed by atoms with Gasteiger partial charge in [0, 0.05) is 5.69 Å². The molecule has 0 saturated carbocycles. The number of hydrogen-bond donors (Lipinski definition) is 1. The van der Waals surface area contributed by atoms with E-state index >= 15 is 0 Å². The maximum Gasteiger partial charge on any atom is 0.265 e. The first-order chi connectivity index (χ1) is 15.3. The van der Waals surface area contributed by atoms with Crippen LogP contribution in [-0.2, 0) is 4.79 Å². The quantitative estimate of drug-likeness (QED) is 0.504. The van der Waals surface area contributed by atoms with Gasteiger partial charge in [-0.2, -0.15) is 0 Å². The van der Waals surface area contributed by atoms with Gasteiger partial charge in [-0.15, -0.1) is 0 Å². The zero-order valence-electron chi connectivity index (χ0n) is 18.6. The molecule has 32 heavy (non-hydrogen) atoms. The third-order valence-electron chi connectivity index (χ3n) is 5.30. The predicted octanol–water partition coefficient (Wildman–Crippen LogP) is 4.64. The highest BCUT2D eigenvalue weighted by Crippen LogP contribution is 2.24. The van der Waals surface area contributed by atoms with Gasteiger partial charge in [-0.25, -0.2) is 4.98 Å². The van der Waals surface area contributed by atoms with Crippen LogP contribution in [0.2, 0.25) is 0 Å². The summed E-state index contributed by atoms with van der Waals surface area (Å²) in [6.45, 7) is 7.69. The van der Waals surface area contributed by atoms with Gasteiger partial charge >= 0.3 is 0 Å². The minimum Gasteiger partial charge on any atom is -0.483 e. The Morgan fingerprint density at radius 3 is 2.31 bits per heavy atom. The van der Waals surface area contributed by atoms with E-state index in [0.717, 1.165) is 22.4 Å². The van der Waals surface area contributed by atoms with Crippen LogP contribution in [0.15, 0.2) is 65.5 Å². The highest BCUT2D eigenvalue weighted by Gasteiger charge is 2.11. The second kappa shape index (κ2) is 8.67. The van der Waals surface area contributed by atoms with Crippen molar-refractivity contribution < 1.29 is 9.53 Å². The van der Waals surface area contributed by atoms with Crippen LogP contribution in [0, 0.1) is 27.7 Å². The van der Waals surface area contributed by atoms with E-state index in [0.29, 0.717) is 28.1 Å². The molecule has 0 aliphatic heterocycles. The summed E-state index contributed by atoms with van der Waals surface area (Å²) in [5.74, 6) is 1.08. The molecule has 3 aromatic carbocycles. The van der Waals surface area contributed by atoms with Gasteiger partial charge < -0.3 is 10.1 Å². The number of aryl methyl sites for hydroxylation is 4. The van der Waals surface area contributed by atoms with Crippen LogP contribution in [0.1, 0.15) is 22.5 Å². The summed E-state index contributed by atoms with van der Waals surface area (Å²) in [7, 11) is 0. The van der Waals surface area contributed by atoms with Gasteiger partial charge in [0.05, 0.1) is 16.6 Å². The molecule has 4 aromatic rings. The first kappa shape index (κ1) is 21.3. The Morgan fingerprint density at radius 2 is 1.62 bits per heavy atom. The molecule has 6 nitrogen and oxygen atoms in total. The zero-order valence-corrected chi connectivity index (χ0v) is 18.6. The lowest BCUT2D eigenvalue weighted by Gasteiger charge is -2.14. The van der Waals surface area contributed by atoms with E-state index in [4.69, 9.17) is 4.74 Å². The molecule has 0 atom stereocenters. The average Bonchev–Trinajstić information content (AvgIpc) is 2.74. The third-order valence-corrected chi connectivity index (χ3v) is 5.30. The number of carbonyl (C=O) groups excluding carboxylic acids is 1. The Bertz CT molecular complexity index is 1350. The SMILES string of the molecule is Cc1cc(C)c(OCC(=O)Nc2ccc(-n3c(C)nc4ccccc4c3=O)cc2)c(C)c1.